The molecule has 4 nitrogen and oxygen atoms in total. The first-order valence-electron chi connectivity index (χ1n) is 7.44. The van der Waals surface area contributed by atoms with Gasteiger partial charge in [0.1, 0.15) is 0 Å². The van der Waals surface area contributed by atoms with Crippen molar-refractivity contribution in [1.82, 2.24) is 9.80 Å². The maximum Gasteiger partial charge on any atom is 0.317 e. The molecule has 0 unspecified atom stereocenters. The largest absolute Gasteiger partial charge is 0.480 e. The molecule has 1 saturated heterocycles. The Balaban J connectivity index is 1.78. The number of carboxylic acids is 1. The van der Waals surface area contributed by atoms with Gasteiger partial charge in [0, 0.05) is 19.1 Å². The molecule has 0 spiro atoms. The molecule has 0 aromatic heterocycles. The van der Waals surface area contributed by atoms with Crippen molar-refractivity contribution in [2.24, 2.45) is 0 Å². The molecular formula is C14H26N2O2. The van der Waals surface area contributed by atoms with E-state index < -0.39 is 5.97 Å². The number of hydrogen-bond acceptors (Lipinski definition) is 3. The van der Waals surface area contributed by atoms with Crippen LogP contribution in [0.2, 0.25) is 0 Å². The molecule has 4 heteroatoms. The lowest BCUT2D eigenvalue weighted by atomic mass is 10.1. The first-order chi connectivity index (χ1) is 8.75. The Labute approximate surface area is 110 Å². The third kappa shape index (κ3) is 4.25. The second-order valence-corrected chi connectivity index (χ2v) is 5.70. The third-order valence-corrected chi connectivity index (χ3v) is 4.33. The zero-order valence-electron chi connectivity index (χ0n) is 11.3. The summed E-state index contributed by atoms with van der Waals surface area (Å²) < 4.78 is 0. The van der Waals surface area contributed by atoms with E-state index in [0.29, 0.717) is 6.04 Å². The number of piperidine rings is 1. The highest BCUT2D eigenvalue weighted by Crippen LogP contribution is 2.23. The number of likely N-dealkylation sites (tertiary alicyclic amines) is 1. The first-order valence-corrected chi connectivity index (χ1v) is 7.44. The minimum absolute atomic E-state index is 0.221. The van der Waals surface area contributed by atoms with Crippen LogP contribution < -0.4 is 0 Å². The molecule has 0 radical (unpaired) electrons. The molecule has 0 aromatic carbocycles. The SMILES string of the molecule is O=C(O)CN(CCN1CCCCC1)C1CCCC1. The lowest BCUT2D eigenvalue weighted by Gasteiger charge is -2.32. The number of nitrogens with zero attached hydrogens (tertiary/aromatic N) is 2. The topological polar surface area (TPSA) is 43.8 Å². The number of carbonyl (C=O) groups is 1. The Morgan fingerprint density at radius 2 is 1.78 bits per heavy atom. The van der Waals surface area contributed by atoms with Crippen LogP contribution in [0.25, 0.3) is 0 Å². The molecule has 18 heavy (non-hydrogen) atoms. The van der Waals surface area contributed by atoms with E-state index in [4.69, 9.17) is 5.11 Å². The van der Waals surface area contributed by atoms with Crippen LogP contribution in [-0.4, -0.2) is 59.6 Å². The van der Waals surface area contributed by atoms with Crippen LogP contribution in [0.3, 0.4) is 0 Å². The summed E-state index contributed by atoms with van der Waals surface area (Å²) in [5.41, 5.74) is 0. The highest BCUT2D eigenvalue weighted by atomic mass is 16.4. The number of hydrogen-bond donors (Lipinski definition) is 1. The minimum atomic E-state index is -0.680. The molecule has 2 aliphatic rings. The fourth-order valence-corrected chi connectivity index (χ4v) is 3.29. The Bertz CT molecular complexity index is 259. The van der Waals surface area contributed by atoms with E-state index in [9.17, 15) is 4.79 Å². The van der Waals surface area contributed by atoms with Gasteiger partial charge in [0.05, 0.1) is 6.54 Å². The highest BCUT2D eigenvalue weighted by Gasteiger charge is 2.24. The standard InChI is InChI=1S/C14H26N2O2/c17-14(18)12-16(13-6-2-3-7-13)11-10-15-8-4-1-5-9-15/h13H,1-12H2,(H,17,18). The van der Waals surface area contributed by atoms with E-state index in [-0.39, 0.29) is 6.54 Å². The van der Waals surface area contributed by atoms with E-state index in [1.807, 2.05) is 0 Å². The average Bonchev–Trinajstić information content (AvgIpc) is 2.89. The van der Waals surface area contributed by atoms with Crippen LogP contribution >= 0.6 is 0 Å². The van der Waals surface area contributed by atoms with E-state index in [1.165, 1.54) is 58.0 Å². The maximum atomic E-state index is 11.0. The summed E-state index contributed by atoms with van der Waals surface area (Å²) in [5.74, 6) is -0.680. The number of carboxylic acid groups (broad SMARTS) is 1. The molecule has 0 bridgehead atoms. The molecular weight excluding hydrogens is 228 g/mol. The predicted molar refractivity (Wildman–Crippen MR) is 71.8 cm³/mol. The number of rotatable bonds is 6. The van der Waals surface area contributed by atoms with Crippen LogP contribution in [0.5, 0.6) is 0 Å². The molecule has 0 amide bonds. The zero-order chi connectivity index (χ0) is 12.8. The fraction of sp³-hybridized carbons (Fsp3) is 0.929. The monoisotopic (exact) mass is 254 g/mol. The van der Waals surface area contributed by atoms with Crippen molar-refractivity contribution in [3.05, 3.63) is 0 Å². The van der Waals surface area contributed by atoms with Crippen LogP contribution in [0, 0.1) is 0 Å². The Morgan fingerprint density at radius 3 is 2.39 bits per heavy atom. The lowest BCUT2D eigenvalue weighted by molar-refractivity contribution is -0.139. The second kappa shape index (κ2) is 7.10. The van der Waals surface area contributed by atoms with Crippen molar-refractivity contribution >= 4 is 5.97 Å². The van der Waals surface area contributed by atoms with Crippen molar-refractivity contribution in [2.45, 2.75) is 51.0 Å². The van der Waals surface area contributed by atoms with Gasteiger partial charge in [-0.1, -0.05) is 19.3 Å². The van der Waals surface area contributed by atoms with Crippen LogP contribution in [0.1, 0.15) is 44.9 Å². The van der Waals surface area contributed by atoms with Crippen LogP contribution in [0.15, 0.2) is 0 Å². The molecule has 1 saturated carbocycles. The summed E-state index contributed by atoms with van der Waals surface area (Å²) >= 11 is 0. The van der Waals surface area contributed by atoms with Crippen LogP contribution in [0.4, 0.5) is 0 Å². The minimum Gasteiger partial charge on any atom is -0.480 e. The van der Waals surface area contributed by atoms with Gasteiger partial charge in [-0.15, -0.1) is 0 Å². The quantitative estimate of drug-likeness (QED) is 0.785. The molecule has 104 valence electrons. The van der Waals surface area contributed by atoms with Gasteiger partial charge < -0.3 is 10.0 Å². The molecule has 0 aromatic rings. The van der Waals surface area contributed by atoms with Crippen LogP contribution in [-0.2, 0) is 4.79 Å². The average molecular weight is 254 g/mol. The Morgan fingerprint density at radius 1 is 1.11 bits per heavy atom. The zero-order valence-corrected chi connectivity index (χ0v) is 11.3. The first kappa shape index (κ1) is 13.8. The Kier molecular flexibility index (Phi) is 5.45. The molecule has 0 atom stereocenters. The molecule has 2 rings (SSSR count). The summed E-state index contributed by atoms with van der Waals surface area (Å²) in [6.07, 6.45) is 8.89. The number of aliphatic carboxylic acids is 1. The van der Waals surface area contributed by atoms with Gasteiger partial charge in [-0.3, -0.25) is 9.69 Å². The van der Waals surface area contributed by atoms with Gasteiger partial charge in [0.2, 0.25) is 0 Å². The normalized spacial score (nSPS) is 22.7. The van der Waals surface area contributed by atoms with E-state index >= 15 is 0 Å². The summed E-state index contributed by atoms with van der Waals surface area (Å²) in [6.45, 7) is 4.59. The molecule has 2 fully saturated rings. The highest BCUT2D eigenvalue weighted by molar-refractivity contribution is 5.69. The van der Waals surface area contributed by atoms with Gasteiger partial charge >= 0.3 is 5.97 Å². The van der Waals surface area contributed by atoms with Crippen molar-refractivity contribution in [1.29, 1.82) is 0 Å². The molecule has 1 aliphatic heterocycles. The predicted octanol–water partition coefficient (Wildman–Crippen LogP) is 1.80. The van der Waals surface area contributed by atoms with E-state index in [1.54, 1.807) is 0 Å². The lowest BCUT2D eigenvalue weighted by Crippen LogP contribution is -2.43. The Hall–Kier alpha value is -0.610. The molecule has 1 heterocycles. The van der Waals surface area contributed by atoms with Crippen molar-refractivity contribution < 1.29 is 9.90 Å². The van der Waals surface area contributed by atoms with Gasteiger partial charge in [-0.05, 0) is 38.8 Å². The van der Waals surface area contributed by atoms with Gasteiger partial charge in [-0.2, -0.15) is 0 Å². The second-order valence-electron chi connectivity index (χ2n) is 5.70. The molecule has 1 aliphatic carbocycles. The van der Waals surface area contributed by atoms with E-state index in [0.717, 1.165) is 13.1 Å². The summed E-state index contributed by atoms with van der Waals surface area (Å²) in [7, 11) is 0. The van der Waals surface area contributed by atoms with Gasteiger partial charge in [-0.25, -0.2) is 0 Å². The fourth-order valence-electron chi connectivity index (χ4n) is 3.29. The maximum absolute atomic E-state index is 11.0. The smallest absolute Gasteiger partial charge is 0.317 e. The van der Waals surface area contributed by atoms with Crippen molar-refractivity contribution in [3.63, 3.8) is 0 Å². The summed E-state index contributed by atoms with van der Waals surface area (Å²) in [5, 5.41) is 9.03. The van der Waals surface area contributed by atoms with Gasteiger partial charge in [0.15, 0.2) is 0 Å². The summed E-state index contributed by atoms with van der Waals surface area (Å²) in [4.78, 5) is 15.7. The molecule has 1 N–H and O–H groups in total. The van der Waals surface area contributed by atoms with Gasteiger partial charge in [0.25, 0.3) is 0 Å². The van der Waals surface area contributed by atoms with Crippen molar-refractivity contribution in [2.75, 3.05) is 32.7 Å². The third-order valence-electron chi connectivity index (χ3n) is 4.33. The van der Waals surface area contributed by atoms with Crippen molar-refractivity contribution in [3.8, 4) is 0 Å². The summed E-state index contributed by atoms with van der Waals surface area (Å²) in [6, 6.07) is 0.519. The van der Waals surface area contributed by atoms with E-state index in [2.05, 4.69) is 9.80 Å².